The minimum Gasteiger partial charge on any atom is -0.461 e. The molecule has 0 bridgehead atoms. The molecule has 1 fully saturated rings. The van der Waals surface area contributed by atoms with E-state index in [1.807, 2.05) is 13.8 Å². The molecule has 1 aromatic carbocycles. The SMILES string of the molecule is Cc1c(F)cc(F)c(C)c1COC(=O)C1C(C=C(Cl)Cl)C1(C)C. The van der Waals surface area contributed by atoms with Gasteiger partial charge in [0.1, 0.15) is 22.7 Å². The average molecular weight is 363 g/mol. The van der Waals surface area contributed by atoms with Crippen LogP contribution in [0.15, 0.2) is 16.6 Å². The van der Waals surface area contributed by atoms with Crippen molar-refractivity contribution in [1.29, 1.82) is 0 Å². The zero-order valence-corrected chi connectivity index (χ0v) is 14.9. The molecular formula is C17H18Cl2F2O2. The van der Waals surface area contributed by atoms with Gasteiger partial charge in [-0.15, -0.1) is 0 Å². The number of carbonyl (C=O) groups is 1. The van der Waals surface area contributed by atoms with Gasteiger partial charge in [0.15, 0.2) is 0 Å². The van der Waals surface area contributed by atoms with Crippen molar-refractivity contribution in [1.82, 2.24) is 0 Å². The molecule has 0 spiro atoms. The van der Waals surface area contributed by atoms with Gasteiger partial charge in [-0.3, -0.25) is 4.79 Å². The lowest BCUT2D eigenvalue weighted by Crippen LogP contribution is -2.12. The Morgan fingerprint density at radius 2 is 1.78 bits per heavy atom. The van der Waals surface area contributed by atoms with Gasteiger partial charge in [0.2, 0.25) is 0 Å². The summed E-state index contributed by atoms with van der Waals surface area (Å²) in [5.74, 6) is -2.20. The average Bonchev–Trinajstić information content (AvgIpc) is 2.96. The van der Waals surface area contributed by atoms with E-state index in [1.165, 1.54) is 13.8 Å². The van der Waals surface area contributed by atoms with E-state index in [0.717, 1.165) is 6.07 Å². The summed E-state index contributed by atoms with van der Waals surface area (Å²) in [5.41, 5.74) is 0.624. The molecule has 126 valence electrons. The Kier molecular flexibility index (Phi) is 5.07. The second kappa shape index (κ2) is 6.40. The monoisotopic (exact) mass is 362 g/mol. The topological polar surface area (TPSA) is 26.3 Å². The van der Waals surface area contributed by atoms with E-state index in [-0.39, 0.29) is 39.5 Å². The number of carbonyl (C=O) groups excluding carboxylic acids is 1. The molecule has 2 atom stereocenters. The number of benzene rings is 1. The van der Waals surface area contributed by atoms with Gasteiger partial charge in [0.05, 0.1) is 5.92 Å². The van der Waals surface area contributed by atoms with Gasteiger partial charge in [-0.25, -0.2) is 8.78 Å². The van der Waals surface area contributed by atoms with Gasteiger partial charge in [-0.1, -0.05) is 37.0 Å². The third kappa shape index (κ3) is 3.53. The van der Waals surface area contributed by atoms with Crippen LogP contribution in [0.3, 0.4) is 0 Å². The Balaban J connectivity index is 2.11. The highest BCUT2D eigenvalue weighted by molar-refractivity contribution is 6.55. The fourth-order valence-electron chi connectivity index (χ4n) is 2.92. The maximum atomic E-state index is 13.6. The maximum Gasteiger partial charge on any atom is 0.310 e. The molecular weight excluding hydrogens is 345 g/mol. The normalized spacial score (nSPS) is 21.7. The number of ether oxygens (including phenoxy) is 1. The van der Waals surface area contributed by atoms with Crippen LogP contribution in [0.25, 0.3) is 0 Å². The zero-order chi connectivity index (χ0) is 17.5. The van der Waals surface area contributed by atoms with Gasteiger partial charge in [0, 0.05) is 11.6 Å². The van der Waals surface area contributed by atoms with Crippen molar-refractivity contribution >= 4 is 29.2 Å². The van der Waals surface area contributed by atoms with Gasteiger partial charge < -0.3 is 4.74 Å². The third-order valence-corrected chi connectivity index (χ3v) is 4.96. The van der Waals surface area contributed by atoms with Crippen LogP contribution in [0.4, 0.5) is 8.78 Å². The Bertz CT molecular complexity index is 653. The molecule has 0 heterocycles. The van der Waals surface area contributed by atoms with E-state index in [2.05, 4.69) is 0 Å². The summed E-state index contributed by atoms with van der Waals surface area (Å²) < 4.78 is 32.6. The highest BCUT2D eigenvalue weighted by Crippen LogP contribution is 2.60. The van der Waals surface area contributed by atoms with Crippen molar-refractivity contribution in [2.45, 2.75) is 34.3 Å². The fraction of sp³-hybridized carbons (Fsp3) is 0.471. The van der Waals surface area contributed by atoms with Crippen LogP contribution in [0, 0.1) is 42.7 Å². The molecule has 0 aliphatic heterocycles. The molecule has 1 saturated carbocycles. The van der Waals surface area contributed by atoms with Crippen molar-refractivity contribution in [2.24, 2.45) is 17.3 Å². The summed E-state index contributed by atoms with van der Waals surface area (Å²) in [7, 11) is 0. The molecule has 0 aromatic heterocycles. The standard InChI is InChI=1S/C17H18Cl2F2O2/c1-8-10(9(2)13(21)6-12(8)20)7-23-16(22)15-11(5-14(18)19)17(15,3)4/h5-6,11,15H,7H2,1-4H3. The first kappa shape index (κ1) is 18.2. The molecule has 1 aliphatic rings. The van der Waals surface area contributed by atoms with E-state index >= 15 is 0 Å². The molecule has 0 saturated heterocycles. The van der Waals surface area contributed by atoms with E-state index in [1.54, 1.807) is 6.08 Å². The van der Waals surface area contributed by atoms with E-state index in [4.69, 9.17) is 27.9 Å². The highest BCUT2D eigenvalue weighted by Gasteiger charge is 2.61. The zero-order valence-electron chi connectivity index (χ0n) is 13.3. The Hall–Kier alpha value is -1.13. The van der Waals surface area contributed by atoms with Crippen LogP contribution in [0.5, 0.6) is 0 Å². The summed E-state index contributed by atoms with van der Waals surface area (Å²) in [6.45, 7) is 6.72. The molecule has 2 rings (SSSR count). The van der Waals surface area contributed by atoms with E-state index in [0.29, 0.717) is 5.56 Å². The molecule has 1 aliphatic carbocycles. The number of rotatable bonds is 4. The number of hydrogen-bond acceptors (Lipinski definition) is 2. The molecule has 2 nitrogen and oxygen atoms in total. The Labute approximate surface area is 144 Å². The largest absolute Gasteiger partial charge is 0.461 e. The maximum absolute atomic E-state index is 13.6. The molecule has 23 heavy (non-hydrogen) atoms. The molecule has 0 radical (unpaired) electrons. The highest BCUT2D eigenvalue weighted by atomic mass is 35.5. The third-order valence-electron chi connectivity index (χ3n) is 4.70. The summed E-state index contributed by atoms with van der Waals surface area (Å²) in [5, 5.41) is 0. The minimum absolute atomic E-state index is 0.105. The van der Waals surface area contributed by atoms with Crippen molar-refractivity contribution in [3.05, 3.63) is 45.0 Å². The number of allylic oxidation sites excluding steroid dienone is 1. The Morgan fingerprint density at radius 3 is 2.26 bits per heavy atom. The lowest BCUT2D eigenvalue weighted by molar-refractivity contribution is -0.147. The van der Waals surface area contributed by atoms with E-state index < -0.39 is 17.6 Å². The van der Waals surface area contributed by atoms with Crippen molar-refractivity contribution in [3.8, 4) is 0 Å². The van der Waals surface area contributed by atoms with E-state index in [9.17, 15) is 13.6 Å². The first-order chi connectivity index (χ1) is 10.6. The number of hydrogen-bond donors (Lipinski definition) is 0. The first-order valence-corrected chi connectivity index (χ1v) is 7.96. The summed E-state index contributed by atoms with van der Waals surface area (Å²) in [6.07, 6.45) is 1.62. The van der Waals surface area contributed by atoms with Crippen LogP contribution in [0.1, 0.15) is 30.5 Å². The minimum atomic E-state index is -0.652. The van der Waals surface area contributed by atoms with Gasteiger partial charge >= 0.3 is 5.97 Å². The van der Waals surface area contributed by atoms with Crippen LogP contribution < -0.4 is 0 Å². The fourth-order valence-corrected chi connectivity index (χ4v) is 3.19. The number of halogens is 4. The summed E-state index contributed by atoms with van der Waals surface area (Å²) >= 11 is 11.3. The van der Waals surface area contributed by atoms with Crippen LogP contribution in [-0.2, 0) is 16.1 Å². The second-order valence-corrected chi connectivity index (χ2v) is 7.47. The molecule has 6 heteroatoms. The van der Waals surface area contributed by atoms with Gasteiger partial charge in [0.25, 0.3) is 0 Å². The molecule has 1 aromatic rings. The van der Waals surface area contributed by atoms with Crippen LogP contribution >= 0.6 is 23.2 Å². The van der Waals surface area contributed by atoms with Crippen LogP contribution in [-0.4, -0.2) is 5.97 Å². The lowest BCUT2D eigenvalue weighted by atomic mass is 10.0. The first-order valence-electron chi connectivity index (χ1n) is 7.21. The van der Waals surface area contributed by atoms with Gasteiger partial charge in [-0.05, 0) is 42.4 Å². The van der Waals surface area contributed by atoms with Crippen molar-refractivity contribution in [2.75, 3.05) is 0 Å². The van der Waals surface area contributed by atoms with Gasteiger partial charge in [-0.2, -0.15) is 0 Å². The molecule has 2 unspecified atom stereocenters. The smallest absolute Gasteiger partial charge is 0.310 e. The van der Waals surface area contributed by atoms with Crippen LogP contribution in [0.2, 0.25) is 0 Å². The Morgan fingerprint density at radius 1 is 1.26 bits per heavy atom. The summed E-state index contributed by atoms with van der Waals surface area (Å²) in [4.78, 5) is 12.3. The van der Waals surface area contributed by atoms with Crippen molar-refractivity contribution in [3.63, 3.8) is 0 Å². The quantitative estimate of drug-likeness (QED) is 0.686. The second-order valence-electron chi connectivity index (χ2n) is 6.46. The van der Waals surface area contributed by atoms with Crippen molar-refractivity contribution < 1.29 is 18.3 Å². The predicted molar refractivity (Wildman–Crippen MR) is 86.2 cm³/mol. The number of esters is 1. The lowest BCUT2D eigenvalue weighted by Gasteiger charge is -2.12. The molecule has 0 N–H and O–H groups in total. The summed E-state index contributed by atoms with van der Waals surface area (Å²) in [6, 6.07) is 0.837. The molecule has 0 amide bonds. The predicted octanol–water partition coefficient (Wildman–Crippen LogP) is 5.22.